The number of H-pyrrole nitrogens is 2. The highest BCUT2D eigenvalue weighted by molar-refractivity contribution is 7.98. The van der Waals surface area contributed by atoms with Gasteiger partial charge >= 0.3 is 0 Å². The smallest absolute Gasteiger partial charge is 0.286 e. The number of nitrogens with zero attached hydrogens (tertiary/aromatic N) is 4. The molecule has 0 aliphatic heterocycles. The van der Waals surface area contributed by atoms with Crippen molar-refractivity contribution < 1.29 is 4.43 Å². The molecule has 36 heavy (non-hydrogen) atoms. The Bertz CT molecular complexity index is 1670. The van der Waals surface area contributed by atoms with Crippen molar-refractivity contribution in [3.63, 3.8) is 0 Å². The molecule has 6 aromatic rings. The molecular formula is C24H20Cl2N6O2S2. The molecule has 0 fully saturated rings. The van der Waals surface area contributed by atoms with Crippen LogP contribution in [0, 0.1) is 10.1 Å². The van der Waals surface area contributed by atoms with Gasteiger partial charge in [-0.2, -0.15) is 0 Å². The molecule has 0 saturated carbocycles. The van der Waals surface area contributed by atoms with Crippen molar-refractivity contribution in [3.8, 4) is 0 Å². The molecule has 0 aliphatic rings. The van der Waals surface area contributed by atoms with Crippen molar-refractivity contribution in [2.75, 3.05) is 0 Å². The second-order valence-corrected chi connectivity index (χ2v) is 9.59. The van der Waals surface area contributed by atoms with Gasteiger partial charge < -0.3 is 19.9 Å². The number of nitrogens with one attached hydrogen (secondary N) is 2. The summed E-state index contributed by atoms with van der Waals surface area (Å²) in [4.78, 5) is 29.0. The van der Waals surface area contributed by atoms with Gasteiger partial charge in [-0.3, -0.25) is 0 Å². The molecule has 3 heterocycles. The number of thioether (sulfide) groups is 2. The van der Waals surface area contributed by atoms with Gasteiger partial charge in [-0.1, -0.05) is 59.9 Å². The third kappa shape index (κ3) is 4.77. The Kier molecular flexibility index (Phi) is 7.79. The van der Waals surface area contributed by atoms with Crippen LogP contribution in [0.15, 0.2) is 83.1 Å². The fourth-order valence-electron chi connectivity index (χ4n) is 3.89. The highest BCUT2D eigenvalue weighted by Crippen LogP contribution is 2.28. The van der Waals surface area contributed by atoms with E-state index in [1.807, 2.05) is 48.5 Å². The van der Waals surface area contributed by atoms with Crippen molar-refractivity contribution in [3.05, 3.63) is 94.3 Å². The molecule has 3 aromatic heterocycles. The maximum absolute atomic E-state index is 13.3. The molecule has 8 nitrogen and oxygen atoms in total. The van der Waals surface area contributed by atoms with Crippen LogP contribution in [-0.4, -0.2) is 24.7 Å². The quantitative estimate of drug-likeness (QED) is 0.189. The number of hydrogen-bond acceptors (Lipinski definition) is 6. The Morgan fingerprint density at radius 1 is 0.778 bits per heavy atom. The zero-order valence-electron chi connectivity index (χ0n) is 18.6. The van der Waals surface area contributed by atoms with Gasteiger partial charge in [0.25, 0.3) is 11.2 Å². The summed E-state index contributed by atoms with van der Waals surface area (Å²) >= 11 is 2.80. The maximum atomic E-state index is 13.3. The molecule has 0 saturated heterocycles. The predicted octanol–water partition coefficient (Wildman–Crippen LogP) is 6.08. The van der Waals surface area contributed by atoms with Crippen molar-refractivity contribution in [1.29, 1.82) is 0 Å². The van der Waals surface area contributed by atoms with E-state index in [0.717, 1.165) is 31.2 Å². The largest absolute Gasteiger partial charge is 0.805 e. The molecule has 0 atom stereocenters. The Morgan fingerprint density at radius 3 is 1.92 bits per heavy atom. The summed E-state index contributed by atoms with van der Waals surface area (Å²) in [6.45, 7) is 0. The topological polar surface area (TPSA) is 108 Å². The Morgan fingerprint density at radius 2 is 1.31 bits per heavy atom. The van der Waals surface area contributed by atoms with Gasteiger partial charge in [-0.15, -0.1) is 24.8 Å². The SMILES string of the molecule is Cl.Cl.O=[n+]1c(CSc2nc3ccccc3[nH]2)c(CSc2nc3ccccc3[nH]2)n([O-])c2ccccc21. The number of fused-ring (bicyclic) bond motifs is 3. The molecule has 6 rings (SSSR count). The summed E-state index contributed by atoms with van der Waals surface area (Å²) in [5.41, 5.74) is 5.07. The molecule has 3 aromatic carbocycles. The van der Waals surface area contributed by atoms with Crippen LogP contribution in [0.5, 0.6) is 0 Å². The highest BCUT2D eigenvalue weighted by Gasteiger charge is 2.23. The fraction of sp³-hybridized carbons (Fsp3) is 0.0833. The van der Waals surface area contributed by atoms with Crippen LogP contribution in [0.25, 0.3) is 33.1 Å². The number of benzene rings is 3. The number of para-hydroxylation sites is 6. The summed E-state index contributed by atoms with van der Waals surface area (Å²) in [6, 6.07) is 22.4. The zero-order chi connectivity index (χ0) is 23.1. The monoisotopic (exact) mass is 558 g/mol. The van der Waals surface area contributed by atoms with Gasteiger partial charge in [0.2, 0.25) is 0 Å². The molecule has 0 amide bonds. The lowest BCUT2D eigenvalue weighted by atomic mass is 10.2. The average molecular weight is 560 g/mol. The van der Waals surface area contributed by atoms with E-state index in [-0.39, 0.29) is 24.8 Å². The minimum atomic E-state index is 0. The predicted molar refractivity (Wildman–Crippen MR) is 150 cm³/mol. The zero-order valence-corrected chi connectivity index (χ0v) is 21.8. The highest BCUT2D eigenvalue weighted by atomic mass is 35.5. The van der Waals surface area contributed by atoms with Gasteiger partial charge in [0.15, 0.2) is 10.3 Å². The molecule has 0 aliphatic carbocycles. The average Bonchev–Trinajstić information content (AvgIpc) is 3.48. The number of rotatable bonds is 6. The minimum Gasteiger partial charge on any atom is -0.805 e. The van der Waals surface area contributed by atoms with E-state index in [1.54, 1.807) is 24.3 Å². The third-order valence-electron chi connectivity index (χ3n) is 5.57. The van der Waals surface area contributed by atoms with Crippen LogP contribution in [0.1, 0.15) is 11.4 Å². The molecule has 0 unspecified atom stereocenters. The van der Waals surface area contributed by atoms with E-state index >= 15 is 0 Å². The summed E-state index contributed by atoms with van der Waals surface area (Å²) in [5.74, 6) is 0.596. The van der Waals surface area contributed by atoms with Gasteiger partial charge in [-0.05, 0) is 30.3 Å². The van der Waals surface area contributed by atoms with Gasteiger partial charge in [0, 0.05) is 16.7 Å². The molecular weight excluding hydrogens is 539 g/mol. The first-order valence-electron chi connectivity index (χ1n) is 10.6. The lowest BCUT2D eigenvalue weighted by Crippen LogP contribution is -2.27. The Balaban J connectivity index is 0.00000152. The first-order chi connectivity index (χ1) is 16.7. The van der Waals surface area contributed by atoms with Crippen LogP contribution >= 0.6 is 48.3 Å². The van der Waals surface area contributed by atoms with Crippen LogP contribution in [0.3, 0.4) is 0 Å². The van der Waals surface area contributed by atoms with E-state index in [4.69, 9.17) is 0 Å². The second-order valence-electron chi connectivity index (χ2n) is 7.67. The summed E-state index contributed by atoms with van der Waals surface area (Å²) in [5, 5.41) is 14.7. The number of hydrogen-bond donors (Lipinski definition) is 2. The van der Waals surface area contributed by atoms with E-state index in [9.17, 15) is 10.1 Å². The van der Waals surface area contributed by atoms with E-state index in [0.29, 0.717) is 44.2 Å². The van der Waals surface area contributed by atoms with Crippen LogP contribution in [-0.2, 0) is 11.5 Å². The molecule has 2 N–H and O–H groups in total. The number of halogens is 2. The molecule has 0 radical (unpaired) electrons. The lowest BCUT2D eigenvalue weighted by molar-refractivity contribution is -0.474. The van der Waals surface area contributed by atoms with Crippen molar-refractivity contribution >= 4 is 81.4 Å². The normalized spacial score (nSPS) is 11.0. The number of aromatic amines is 2. The van der Waals surface area contributed by atoms with Crippen LogP contribution in [0.4, 0.5) is 0 Å². The van der Waals surface area contributed by atoms with E-state index in [2.05, 4.69) is 19.9 Å². The van der Waals surface area contributed by atoms with Crippen molar-refractivity contribution in [2.45, 2.75) is 21.8 Å². The minimum absolute atomic E-state index is 0. The van der Waals surface area contributed by atoms with Crippen LogP contribution in [0.2, 0.25) is 0 Å². The molecule has 0 spiro atoms. The molecule has 184 valence electrons. The molecule has 0 bridgehead atoms. The third-order valence-corrected chi connectivity index (χ3v) is 7.34. The van der Waals surface area contributed by atoms with E-state index in [1.165, 1.54) is 23.5 Å². The van der Waals surface area contributed by atoms with Gasteiger partial charge in [0.1, 0.15) is 5.52 Å². The van der Waals surface area contributed by atoms with E-state index < -0.39 is 0 Å². The Hall–Kier alpha value is -3.18. The lowest BCUT2D eigenvalue weighted by Gasteiger charge is -2.18. The molecule has 12 heteroatoms. The Labute approximate surface area is 225 Å². The van der Waals surface area contributed by atoms with Crippen LogP contribution < -0.4 is 4.43 Å². The number of aromatic nitrogens is 6. The summed E-state index contributed by atoms with van der Waals surface area (Å²) < 4.78 is 1.74. The van der Waals surface area contributed by atoms with Crippen molar-refractivity contribution in [2.24, 2.45) is 0 Å². The number of imidazole rings is 2. The first kappa shape index (κ1) is 25.9. The van der Waals surface area contributed by atoms with Crippen molar-refractivity contribution in [1.82, 2.24) is 24.7 Å². The summed E-state index contributed by atoms with van der Waals surface area (Å²) in [6.07, 6.45) is 0. The van der Waals surface area contributed by atoms with Gasteiger partial charge in [-0.25, -0.2) is 9.97 Å². The first-order valence-corrected chi connectivity index (χ1v) is 12.5. The maximum Gasteiger partial charge on any atom is 0.286 e. The second kappa shape index (κ2) is 10.8. The standard InChI is InChI=1S/C24H18N6O2S2.2ClH/c31-29-19-11-5-6-12-20(19)30(32)22(14-34-24-27-17-9-3-4-10-18(17)28-24)21(29)13-33-23-25-15-7-1-2-8-16(15)26-23;;/h1-12H,13-14H2,(H,25,26)(H,27,28);2*1H. The summed E-state index contributed by atoms with van der Waals surface area (Å²) in [7, 11) is 0. The fourth-order valence-corrected chi connectivity index (χ4v) is 5.69. The van der Waals surface area contributed by atoms with Gasteiger partial charge in [0.05, 0.1) is 37.9 Å².